The number of ether oxygens (including phenoxy) is 1. The molecule has 0 aromatic rings. The number of nitrogens with one attached hydrogen (secondary N) is 1. The van der Waals surface area contributed by atoms with Crippen molar-refractivity contribution in [1.29, 1.82) is 0 Å². The van der Waals surface area contributed by atoms with E-state index in [-0.39, 0.29) is 0 Å². The number of hydrogen-bond donors (Lipinski definition) is 1. The van der Waals surface area contributed by atoms with Crippen LogP contribution < -0.4 is 5.32 Å². The van der Waals surface area contributed by atoms with Crippen LogP contribution in [-0.2, 0) is 4.74 Å². The topological polar surface area (TPSA) is 40.1 Å². The van der Waals surface area contributed by atoms with Gasteiger partial charge in [0.15, 0.2) is 5.96 Å². The Bertz CT molecular complexity index is 335. The molecule has 0 bridgehead atoms. The van der Waals surface area contributed by atoms with Gasteiger partial charge in [0.1, 0.15) is 0 Å². The Hall–Kier alpha value is -0.810. The first-order valence-corrected chi connectivity index (χ1v) is 8.48. The third kappa shape index (κ3) is 4.33. The van der Waals surface area contributed by atoms with Crippen molar-refractivity contribution >= 4 is 5.96 Å². The van der Waals surface area contributed by atoms with Gasteiger partial charge in [-0.1, -0.05) is 13.8 Å². The molecule has 0 aromatic heterocycles. The summed E-state index contributed by atoms with van der Waals surface area (Å²) in [6.07, 6.45) is 3.62. The second kappa shape index (κ2) is 7.99. The molecule has 2 fully saturated rings. The summed E-state index contributed by atoms with van der Waals surface area (Å²) in [5.74, 6) is 1.07. The molecule has 2 aliphatic heterocycles. The molecule has 2 aliphatic rings. The molecule has 122 valence electrons. The fourth-order valence-electron chi connectivity index (χ4n) is 3.46. The third-order valence-corrected chi connectivity index (χ3v) is 4.96. The van der Waals surface area contributed by atoms with Crippen molar-refractivity contribution in [2.75, 3.05) is 59.5 Å². The van der Waals surface area contributed by atoms with Crippen LogP contribution in [0.3, 0.4) is 0 Å². The molecule has 1 N–H and O–H groups in total. The maximum absolute atomic E-state index is 5.60. The quantitative estimate of drug-likeness (QED) is 0.457. The lowest BCUT2D eigenvalue weighted by molar-refractivity contribution is 0.156. The van der Waals surface area contributed by atoms with Gasteiger partial charge in [-0.3, -0.25) is 4.99 Å². The molecular weight excluding hydrogens is 264 g/mol. The number of aliphatic imine (C=N–C) groups is 1. The fourth-order valence-corrected chi connectivity index (χ4v) is 3.46. The summed E-state index contributed by atoms with van der Waals surface area (Å²) in [4.78, 5) is 9.33. The number of hydrogen-bond acceptors (Lipinski definition) is 3. The first-order valence-electron chi connectivity index (χ1n) is 8.48. The van der Waals surface area contributed by atoms with Crippen molar-refractivity contribution in [3.05, 3.63) is 0 Å². The Kier molecular flexibility index (Phi) is 6.30. The Morgan fingerprint density at radius 3 is 2.76 bits per heavy atom. The highest BCUT2D eigenvalue weighted by molar-refractivity contribution is 5.80. The van der Waals surface area contributed by atoms with Crippen LogP contribution in [0, 0.1) is 5.41 Å². The van der Waals surface area contributed by atoms with E-state index in [2.05, 4.69) is 34.0 Å². The standard InChI is InChI=1S/C16H32N4O/c1-4-19(5-2)10-6-9-18-15(17-3)20-11-7-16(13-20)8-12-21-14-16/h4-14H2,1-3H3,(H,17,18). The van der Waals surface area contributed by atoms with E-state index in [4.69, 9.17) is 4.74 Å². The van der Waals surface area contributed by atoms with Crippen molar-refractivity contribution in [3.8, 4) is 0 Å². The van der Waals surface area contributed by atoms with Crippen LogP contribution >= 0.6 is 0 Å². The monoisotopic (exact) mass is 296 g/mol. The highest BCUT2D eigenvalue weighted by atomic mass is 16.5. The predicted octanol–water partition coefficient (Wildman–Crippen LogP) is 1.41. The Morgan fingerprint density at radius 2 is 2.14 bits per heavy atom. The van der Waals surface area contributed by atoms with Crippen molar-refractivity contribution in [2.45, 2.75) is 33.1 Å². The molecule has 0 amide bonds. The van der Waals surface area contributed by atoms with E-state index < -0.39 is 0 Å². The van der Waals surface area contributed by atoms with E-state index in [1.165, 1.54) is 19.3 Å². The highest BCUT2D eigenvalue weighted by Crippen LogP contribution is 2.38. The Morgan fingerprint density at radius 1 is 1.33 bits per heavy atom. The predicted molar refractivity (Wildman–Crippen MR) is 87.8 cm³/mol. The molecule has 2 saturated heterocycles. The van der Waals surface area contributed by atoms with Gasteiger partial charge in [-0.15, -0.1) is 0 Å². The van der Waals surface area contributed by atoms with E-state index in [0.29, 0.717) is 5.41 Å². The molecule has 2 heterocycles. The molecule has 0 aliphatic carbocycles. The average Bonchev–Trinajstić information content (AvgIpc) is 3.14. The SMILES string of the molecule is CCN(CC)CCCNC(=NC)N1CCC2(CCOC2)C1. The van der Waals surface area contributed by atoms with E-state index in [1.807, 2.05) is 7.05 Å². The third-order valence-electron chi connectivity index (χ3n) is 4.96. The lowest BCUT2D eigenvalue weighted by Gasteiger charge is -2.25. The van der Waals surface area contributed by atoms with Gasteiger partial charge in [-0.25, -0.2) is 0 Å². The zero-order valence-corrected chi connectivity index (χ0v) is 14.0. The summed E-state index contributed by atoms with van der Waals surface area (Å²) in [7, 11) is 1.89. The molecule has 5 heteroatoms. The van der Waals surface area contributed by atoms with Crippen LogP contribution in [0.4, 0.5) is 0 Å². The second-order valence-corrected chi connectivity index (χ2v) is 6.33. The smallest absolute Gasteiger partial charge is 0.193 e. The van der Waals surface area contributed by atoms with Gasteiger partial charge in [-0.05, 0) is 38.9 Å². The minimum absolute atomic E-state index is 0.402. The summed E-state index contributed by atoms with van der Waals surface area (Å²) in [6.45, 7) is 13.0. The van der Waals surface area contributed by atoms with Gasteiger partial charge < -0.3 is 19.9 Å². The van der Waals surface area contributed by atoms with Crippen LogP contribution in [0.5, 0.6) is 0 Å². The molecule has 21 heavy (non-hydrogen) atoms. The average molecular weight is 296 g/mol. The van der Waals surface area contributed by atoms with Crippen molar-refractivity contribution < 1.29 is 4.74 Å². The van der Waals surface area contributed by atoms with Gasteiger partial charge in [0.05, 0.1) is 6.61 Å². The maximum Gasteiger partial charge on any atom is 0.193 e. The van der Waals surface area contributed by atoms with Crippen molar-refractivity contribution in [1.82, 2.24) is 15.1 Å². The minimum Gasteiger partial charge on any atom is -0.381 e. The fraction of sp³-hybridized carbons (Fsp3) is 0.938. The number of nitrogens with zero attached hydrogens (tertiary/aromatic N) is 3. The summed E-state index contributed by atoms with van der Waals surface area (Å²) in [5.41, 5.74) is 0.402. The zero-order chi connectivity index (χ0) is 15.1. The first kappa shape index (κ1) is 16.6. The van der Waals surface area contributed by atoms with Gasteiger partial charge in [0.2, 0.25) is 0 Å². The van der Waals surface area contributed by atoms with Gasteiger partial charge >= 0.3 is 0 Å². The lowest BCUT2D eigenvalue weighted by Crippen LogP contribution is -2.42. The molecular formula is C16H32N4O. The minimum atomic E-state index is 0.402. The normalized spacial score (nSPS) is 26.3. The largest absolute Gasteiger partial charge is 0.381 e. The molecule has 1 spiro atoms. The van der Waals surface area contributed by atoms with Gasteiger partial charge in [0.25, 0.3) is 0 Å². The Balaban J connectivity index is 1.71. The van der Waals surface area contributed by atoms with Crippen LogP contribution in [0.1, 0.15) is 33.1 Å². The summed E-state index contributed by atoms with van der Waals surface area (Å²) < 4.78 is 5.60. The summed E-state index contributed by atoms with van der Waals surface area (Å²) >= 11 is 0. The van der Waals surface area contributed by atoms with Crippen molar-refractivity contribution in [2.24, 2.45) is 10.4 Å². The maximum atomic E-state index is 5.60. The summed E-state index contributed by atoms with van der Waals surface area (Å²) in [6, 6.07) is 0. The molecule has 5 nitrogen and oxygen atoms in total. The number of likely N-dealkylation sites (tertiary alicyclic amines) is 1. The molecule has 0 aromatic carbocycles. The van der Waals surface area contributed by atoms with E-state index >= 15 is 0 Å². The molecule has 1 unspecified atom stereocenters. The Labute approximate surface area is 129 Å². The number of rotatable bonds is 6. The van der Waals surface area contributed by atoms with Crippen molar-refractivity contribution in [3.63, 3.8) is 0 Å². The van der Waals surface area contributed by atoms with Gasteiger partial charge in [-0.2, -0.15) is 0 Å². The van der Waals surface area contributed by atoms with E-state index in [1.54, 1.807) is 0 Å². The van der Waals surface area contributed by atoms with Crippen LogP contribution in [0.25, 0.3) is 0 Å². The highest BCUT2D eigenvalue weighted by Gasteiger charge is 2.42. The first-order chi connectivity index (χ1) is 10.2. The van der Waals surface area contributed by atoms with Crippen LogP contribution in [0.2, 0.25) is 0 Å². The molecule has 0 saturated carbocycles. The van der Waals surface area contributed by atoms with Crippen LogP contribution in [-0.4, -0.2) is 75.3 Å². The van der Waals surface area contributed by atoms with E-state index in [9.17, 15) is 0 Å². The molecule has 2 rings (SSSR count). The molecule has 0 radical (unpaired) electrons. The van der Waals surface area contributed by atoms with Crippen LogP contribution in [0.15, 0.2) is 4.99 Å². The zero-order valence-electron chi connectivity index (χ0n) is 14.0. The van der Waals surface area contributed by atoms with Gasteiger partial charge in [0, 0.05) is 38.7 Å². The second-order valence-electron chi connectivity index (χ2n) is 6.33. The van der Waals surface area contributed by atoms with E-state index in [0.717, 1.165) is 58.4 Å². The number of guanidine groups is 1. The molecule has 1 atom stereocenters. The summed E-state index contributed by atoms with van der Waals surface area (Å²) in [5, 5.41) is 3.53. The lowest BCUT2D eigenvalue weighted by atomic mass is 9.87.